The predicted molar refractivity (Wildman–Crippen MR) is 108 cm³/mol. The third-order valence-electron chi connectivity index (χ3n) is 4.10. The van der Waals surface area contributed by atoms with Gasteiger partial charge < -0.3 is 0 Å². The van der Waals surface area contributed by atoms with E-state index in [1.165, 1.54) is 48.8 Å². The van der Waals surface area contributed by atoms with Crippen LogP contribution in [0.5, 0.6) is 0 Å². The van der Waals surface area contributed by atoms with Crippen molar-refractivity contribution in [2.24, 2.45) is 0 Å². The van der Waals surface area contributed by atoms with E-state index in [4.69, 9.17) is 0 Å². The van der Waals surface area contributed by atoms with Crippen LogP contribution in [0.25, 0.3) is 0 Å². The highest BCUT2D eigenvalue weighted by atomic mass is 32.2. The van der Waals surface area contributed by atoms with Gasteiger partial charge in [0.2, 0.25) is 0 Å². The van der Waals surface area contributed by atoms with Crippen molar-refractivity contribution in [3.05, 3.63) is 89.7 Å². The van der Waals surface area contributed by atoms with Crippen molar-refractivity contribution in [2.75, 3.05) is 4.72 Å². The van der Waals surface area contributed by atoms with E-state index in [-0.39, 0.29) is 16.8 Å². The van der Waals surface area contributed by atoms with Crippen molar-refractivity contribution < 1.29 is 31.2 Å². The summed E-state index contributed by atoms with van der Waals surface area (Å²) in [5, 5.41) is 0. The highest BCUT2D eigenvalue weighted by Gasteiger charge is 2.32. The van der Waals surface area contributed by atoms with Gasteiger partial charge in [-0.1, -0.05) is 18.2 Å². The van der Waals surface area contributed by atoms with E-state index in [0.29, 0.717) is 6.07 Å². The van der Waals surface area contributed by atoms with E-state index in [1.807, 2.05) is 0 Å². The Bertz CT molecular complexity index is 1250. The quantitative estimate of drug-likeness (QED) is 0.502. The first-order valence-corrected chi connectivity index (χ1v) is 10.4. The maximum absolute atomic E-state index is 12.9. The Kier molecular flexibility index (Phi) is 6.44. The zero-order valence-corrected chi connectivity index (χ0v) is 16.9. The van der Waals surface area contributed by atoms with Crippen molar-refractivity contribution in [2.45, 2.75) is 11.1 Å². The number of carbonyl (C=O) groups is 2. The number of nitrogens with zero attached hydrogens (tertiary/aromatic N) is 1. The molecular formula is C20H15F3N4O4S. The largest absolute Gasteiger partial charge is 0.416 e. The van der Waals surface area contributed by atoms with Crippen molar-refractivity contribution in [1.82, 2.24) is 15.8 Å². The van der Waals surface area contributed by atoms with E-state index in [9.17, 15) is 31.2 Å². The summed E-state index contributed by atoms with van der Waals surface area (Å²) in [7, 11) is -4.45. The fourth-order valence-corrected chi connectivity index (χ4v) is 3.69. The number of anilines is 1. The first-order chi connectivity index (χ1) is 15.1. The number of halogens is 3. The van der Waals surface area contributed by atoms with Crippen molar-refractivity contribution >= 4 is 27.5 Å². The van der Waals surface area contributed by atoms with Gasteiger partial charge in [-0.3, -0.25) is 30.1 Å². The lowest BCUT2D eigenvalue weighted by Crippen LogP contribution is -2.42. The summed E-state index contributed by atoms with van der Waals surface area (Å²) < 4.78 is 66.1. The SMILES string of the molecule is O=C(NNC(=O)c1ccccc1NS(=O)(=O)c1cccc(C(F)(F)F)c1)c1cccnc1. The Labute approximate surface area is 180 Å². The number of pyridine rings is 1. The molecule has 0 fully saturated rings. The molecule has 166 valence electrons. The Hall–Kier alpha value is -3.93. The molecule has 0 radical (unpaired) electrons. The highest BCUT2D eigenvalue weighted by molar-refractivity contribution is 7.92. The lowest BCUT2D eigenvalue weighted by atomic mass is 10.2. The van der Waals surface area contributed by atoms with E-state index >= 15 is 0 Å². The molecule has 2 amide bonds. The molecule has 0 unspecified atom stereocenters. The van der Waals surface area contributed by atoms with Gasteiger partial charge in [0, 0.05) is 12.4 Å². The second kappa shape index (κ2) is 9.06. The molecule has 12 heteroatoms. The Morgan fingerprint density at radius 2 is 1.59 bits per heavy atom. The second-order valence-corrected chi connectivity index (χ2v) is 8.01. The third kappa shape index (κ3) is 5.40. The van der Waals surface area contributed by atoms with Gasteiger partial charge in [-0.05, 0) is 42.5 Å². The van der Waals surface area contributed by atoms with Crippen LogP contribution >= 0.6 is 0 Å². The van der Waals surface area contributed by atoms with Crippen molar-refractivity contribution in [1.29, 1.82) is 0 Å². The van der Waals surface area contributed by atoms with Gasteiger partial charge in [0.15, 0.2) is 0 Å². The molecule has 0 aliphatic carbocycles. The second-order valence-electron chi connectivity index (χ2n) is 6.33. The zero-order valence-electron chi connectivity index (χ0n) is 16.1. The average Bonchev–Trinajstić information content (AvgIpc) is 2.77. The maximum atomic E-state index is 12.9. The minimum Gasteiger partial charge on any atom is -0.279 e. The molecule has 0 bridgehead atoms. The lowest BCUT2D eigenvalue weighted by Gasteiger charge is -2.14. The zero-order chi connectivity index (χ0) is 23.4. The fraction of sp³-hybridized carbons (Fsp3) is 0.0500. The number of alkyl halides is 3. The molecule has 2 aromatic carbocycles. The van der Waals surface area contributed by atoms with Gasteiger partial charge >= 0.3 is 6.18 Å². The van der Waals surface area contributed by atoms with Crippen molar-refractivity contribution in [3.8, 4) is 0 Å². The van der Waals surface area contributed by atoms with Gasteiger partial charge in [-0.2, -0.15) is 13.2 Å². The standard InChI is InChI=1S/C20H15F3N4O4S/c21-20(22,23)14-6-3-7-15(11-14)32(30,31)27-17-9-2-1-8-16(17)19(29)26-25-18(28)13-5-4-10-24-12-13/h1-12,27H,(H,25,28)(H,26,29). The Morgan fingerprint density at radius 3 is 2.28 bits per heavy atom. The number of sulfonamides is 1. The number of benzene rings is 2. The molecule has 0 saturated heterocycles. The number of hydrazine groups is 1. The van der Waals surface area contributed by atoms with Crippen LogP contribution in [0.15, 0.2) is 78.0 Å². The van der Waals surface area contributed by atoms with Crippen LogP contribution in [0, 0.1) is 0 Å². The summed E-state index contributed by atoms with van der Waals surface area (Å²) in [6.45, 7) is 0. The molecule has 0 atom stereocenters. The normalized spacial score (nSPS) is 11.5. The number of hydrogen-bond acceptors (Lipinski definition) is 5. The fourth-order valence-electron chi connectivity index (χ4n) is 2.56. The van der Waals surface area contributed by atoms with E-state index < -0.39 is 38.5 Å². The van der Waals surface area contributed by atoms with Crippen LogP contribution in [0.3, 0.4) is 0 Å². The summed E-state index contributed by atoms with van der Waals surface area (Å²) in [4.78, 5) is 27.6. The van der Waals surface area contributed by atoms with E-state index in [1.54, 1.807) is 0 Å². The minimum absolute atomic E-state index is 0.172. The van der Waals surface area contributed by atoms with Gasteiger partial charge in [-0.25, -0.2) is 8.42 Å². The van der Waals surface area contributed by atoms with E-state index in [0.717, 1.165) is 18.2 Å². The molecule has 32 heavy (non-hydrogen) atoms. The number of amides is 2. The molecule has 0 saturated carbocycles. The van der Waals surface area contributed by atoms with Crippen molar-refractivity contribution in [3.63, 3.8) is 0 Å². The number of nitrogens with one attached hydrogen (secondary N) is 3. The Morgan fingerprint density at radius 1 is 0.875 bits per heavy atom. The molecule has 3 rings (SSSR count). The lowest BCUT2D eigenvalue weighted by molar-refractivity contribution is -0.137. The topological polar surface area (TPSA) is 117 Å². The summed E-state index contributed by atoms with van der Waals surface area (Å²) in [5.74, 6) is -1.52. The molecule has 3 aromatic rings. The summed E-state index contributed by atoms with van der Waals surface area (Å²) in [6, 6.07) is 11.6. The number of aromatic nitrogens is 1. The number of rotatable bonds is 5. The first kappa shape index (κ1) is 22.7. The number of hydrogen-bond donors (Lipinski definition) is 3. The van der Waals surface area contributed by atoms with Crippen LogP contribution in [0.1, 0.15) is 26.3 Å². The average molecular weight is 464 g/mol. The molecule has 8 nitrogen and oxygen atoms in total. The molecule has 3 N–H and O–H groups in total. The minimum atomic E-state index is -4.73. The van der Waals surface area contributed by atoms with Crippen LogP contribution < -0.4 is 15.6 Å². The third-order valence-corrected chi connectivity index (χ3v) is 5.46. The number of carbonyl (C=O) groups excluding carboxylic acids is 2. The summed E-state index contributed by atoms with van der Waals surface area (Å²) >= 11 is 0. The van der Waals surface area contributed by atoms with Gasteiger partial charge in [-0.15, -0.1) is 0 Å². The molecule has 0 aliphatic rings. The van der Waals surface area contributed by atoms with Crippen LogP contribution in [-0.4, -0.2) is 25.2 Å². The molecule has 0 aliphatic heterocycles. The van der Waals surface area contributed by atoms with Gasteiger partial charge in [0.25, 0.3) is 21.8 Å². The van der Waals surface area contributed by atoms with Gasteiger partial charge in [0.05, 0.1) is 27.3 Å². The van der Waals surface area contributed by atoms with E-state index in [2.05, 4.69) is 20.6 Å². The van der Waals surface area contributed by atoms with Crippen LogP contribution in [-0.2, 0) is 16.2 Å². The molecular weight excluding hydrogens is 449 g/mol. The van der Waals surface area contributed by atoms with Crippen LogP contribution in [0.2, 0.25) is 0 Å². The molecule has 0 spiro atoms. The summed E-state index contributed by atoms with van der Waals surface area (Å²) in [6.07, 6.45) is -1.99. The number of para-hydroxylation sites is 1. The highest BCUT2D eigenvalue weighted by Crippen LogP contribution is 2.31. The molecule has 1 aromatic heterocycles. The first-order valence-electron chi connectivity index (χ1n) is 8.88. The molecule has 1 heterocycles. The maximum Gasteiger partial charge on any atom is 0.416 e. The summed E-state index contributed by atoms with van der Waals surface area (Å²) in [5.41, 5.74) is 2.97. The van der Waals surface area contributed by atoms with Crippen LogP contribution in [0.4, 0.5) is 18.9 Å². The smallest absolute Gasteiger partial charge is 0.279 e. The Balaban J connectivity index is 1.79. The van der Waals surface area contributed by atoms with Gasteiger partial charge in [0.1, 0.15) is 0 Å². The predicted octanol–water partition coefficient (Wildman–Crippen LogP) is 2.98. The monoisotopic (exact) mass is 464 g/mol.